The van der Waals surface area contributed by atoms with E-state index in [1.165, 1.54) is 0 Å². The third-order valence-corrected chi connectivity index (χ3v) is 2.02. The van der Waals surface area contributed by atoms with Crippen molar-refractivity contribution in [3.8, 4) is 5.75 Å². The molecule has 1 aromatic heterocycles. The summed E-state index contributed by atoms with van der Waals surface area (Å²) in [5.41, 5.74) is 2.11. The molecule has 1 N–H and O–H groups in total. The third-order valence-electron chi connectivity index (χ3n) is 2.02. The fourth-order valence-corrected chi connectivity index (χ4v) is 1.27. The Morgan fingerprint density at radius 1 is 1.33 bits per heavy atom. The molecule has 0 saturated carbocycles. The van der Waals surface area contributed by atoms with Crippen LogP contribution in [0.15, 0.2) is 12.1 Å². The lowest BCUT2D eigenvalue weighted by atomic mass is 10.1. The molecular weight excluding hydrogens is 188 g/mol. The van der Waals surface area contributed by atoms with Crippen LogP contribution in [0, 0.1) is 6.92 Å². The highest BCUT2D eigenvalue weighted by Crippen LogP contribution is 2.13. The number of aromatic nitrogens is 1. The monoisotopic (exact) mass is 208 g/mol. The molecule has 3 nitrogen and oxygen atoms in total. The molecule has 0 saturated heterocycles. The molecule has 0 bridgehead atoms. The highest BCUT2D eigenvalue weighted by Gasteiger charge is 2.09. The molecule has 0 radical (unpaired) electrons. The minimum absolute atomic E-state index is 0.110. The number of rotatable bonds is 3. The predicted molar refractivity (Wildman–Crippen MR) is 62.1 cm³/mol. The van der Waals surface area contributed by atoms with Gasteiger partial charge in [-0.05, 0) is 27.7 Å². The van der Waals surface area contributed by atoms with Gasteiger partial charge in [0, 0.05) is 29.9 Å². The van der Waals surface area contributed by atoms with Crippen molar-refractivity contribution in [1.82, 2.24) is 10.3 Å². The second-order valence-electron chi connectivity index (χ2n) is 4.74. The van der Waals surface area contributed by atoms with E-state index in [1.807, 2.05) is 19.1 Å². The molecule has 0 spiro atoms. The Morgan fingerprint density at radius 3 is 2.53 bits per heavy atom. The molecule has 0 atom stereocenters. The third kappa shape index (κ3) is 4.30. The molecular formula is C12H20N2O. The van der Waals surface area contributed by atoms with Crippen LogP contribution < -0.4 is 10.1 Å². The van der Waals surface area contributed by atoms with Crippen LogP contribution in [0.25, 0.3) is 0 Å². The summed E-state index contributed by atoms with van der Waals surface area (Å²) in [7, 11) is 1.68. The molecule has 84 valence electrons. The van der Waals surface area contributed by atoms with Crippen LogP contribution in [0.2, 0.25) is 0 Å². The number of hydrogen-bond acceptors (Lipinski definition) is 3. The van der Waals surface area contributed by atoms with Gasteiger partial charge in [0.25, 0.3) is 0 Å². The summed E-state index contributed by atoms with van der Waals surface area (Å²) in [6, 6.07) is 3.90. The van der Waals surface area contributed by atoms with Gasteiger partial charge in [0.05, 0.1) is 12.8 Å². The number of pyridine rings is 1. The summed E-state index contributed by atoms with van der Waals surface area (Å²) in [5, 5.41) is 3.40. The summed E-state index contributed by atoms with van der Waals surface area (Å²) >= 11 is 0. The quantitative estimate of drug-likeness (QED) is 0.827. The fourth-order valence-electron chi connectivity index (χ4n) is 1.27. The Labute approximate surface area is 91.9 Å². The predicted octanol–water partition coefficient (Wildman–Crippen LogP) is 2.29. The zero-order valence-electron chi connectivity index (χ0n) is 10.2. The van der Waals surface area contributed by atoms with Gasteiger partial charge < -0.3 is 10.1 Å². The second kappa shape index (κ2) is 4.62. The topological polar surface area (TPSA) is 34.1 Å². The average molecular weight is 208 g/mol. The van der Waals surface area contributed by atoms with Crippen LogP contribution in [-0.4, -0.2) is 17.6 Å². The number of nitrogens with one attached hydrogen (secondary N) is 1. The lowest BCUT2D eigenvalue weighted by Gasteiger charge is -2.20. The van der Waals surface area contributed by atoms with E-state index in [9.17, 15) is 0 Å². The Kier molecular flexibility index (Phi) is 3.69. The molecule has 0 aliphatic rings. The van der Waals surface area contributed by atoms with Crippen LogP contribution in [0.1, 0.15) is 32.2 Å². The summed E-state index contributed by atoms with van der Waals surface area (Å²) in [6.45, 7) is 9.16. The summed E-state index contributed by atoms with van der Waals surface area (Å²) < 4.78 is 5.20. The number of ether oxygens (including phenoxy) is 1. The van der Waals surface area contributed by atoms with Crippen LogP contribution in [0.3, 0.4) is 0 Å². The fraction of sp³-hybridized carbons (Fsp3) is 0.583. The van der Waals surface area contributed by atoms with Gasteiger partial charge >= 0.3 is 0 Å². The molecule has 0 aromatic carbocycles. The van der Waals surface area contributed by atoms with Crippen molar-refractivity contribution in [3.63, 3.8) is 0 Å². The first kappa shape index (κ1) is 12.0. The van der Waals surface area contributed by atoms with Crippen molar-refractivity contribution in [2.24, 2.45) is 0 Å². The van der Waals surface area contributed by atoms with Gasteiger partial charge in [-0.2, -0.15) is 0 Å². The lowest BCUT2D eigenvalue weighted by molar-refractivity contribution is 0.406. The molecule has 0 aliphatic heterocycles. The molecule has 15 heavy (non-hydrogen) atoms. The molecule has 3 heteroatoms. The van der Waals surface area contributed by atoms with Gasteiger partial charge in [-0.3, -0.25) is 4.98 Å². The van der Waals surface area contributed by atoms with E-state index < -0.39 is 0 Å². The zero-order chi connectivity index (χ0) is 11.5. The minimum Gasteiger partial charge on any atom is -0.497 e. The molecule has 0 aliphatic carbocycles. The Balaban J connectivity index is 2.73. The largest absolute Gasteiger partial charge is 0.497 e. The van der Waals surface area contributed by atoms with Gasteiger partial charge in [-0.15, -0.1) is 0 Å². The number of aryl methyl sites for hydroxylation is 1. The van der Waals surface area contributed by atoms with Gasteiger partial charge in [0.15, 0.2) is 0 Å². The molecule has 1 aromatic rings. The average Bonchev–Trinajstić information content (AvgIpc) is 2.13. The van der Waals surface area contributed by atoms with Gasteiger partial charge in [-0.1, -0.05) is 0 Å². The van der Waals surface area contributed by atoms with Crippen LogP contribution in [-0.2, 0) is 6.54 Å². The van der Waals surface area contributed by atoms with Gasteiger partial charge in [0.2, 0.25) is 0 Å². The molecule has 1 heterocycles. The van der Waals surface area contributed by atoms with E-state index in [0.717, 1.165) is 23.7 Å². The van der Waals surface area contributed by atoms with E-state index in [0.29, 0.717) is 0 Å². The normalized spacial score (nSPS) is 11.5. The summed E-state index contributed by atoms with van der Waals surface area (Å²) in [6.07, 6.45) is 0. The van der Waals surface area contributed by atoms with Crippen molar-refractivity contribution in [2.75, 3.05) is 7.11 Å². The molecule has 1 rings (SSSR count). The van der Waals surface area contributed by atoms with Crippen molar-refractivity contribution in [2.45, 2.75) is 39.8 Å². The van der Waals surface area contributed by atoms with Crippen molar-refractivity contribution < 1.29 is 4.74 Å². The van der Waals surface area contributed by atoms with Gasteiger partial charge in [-0.25, -0.2) is 0 Å². The standard InChI is InChI=1S/C12H20N2O/c1-9-6-11(15-5)7-10(14-9)8-13-12(2,3)4/h6-7,13H,8H2,1-5H3. The van der Waals surface area contributed by atoms with E-state index in [-0.39, 0.29) is 5.54 Å². The maximum atomic E-state index is 5.20. The zero-order valence-corrected chi connectivity index (χ0v) is 10.2. The van der Waals surface area contributed by atoms with Crippen LogP contribution in [0.5, 0.6) is 5.75 Å². The van der Waals surface area contributed by atoms with Crippen LogP contribution >= 0.6 is 0 Å². The Hall–Kier alpha value is -1.09. The maximum absolute atomic E-state index is 5.20. The van der Waals surface area contributed by atoms with E-state index in [2.05, 4.69) is 31.1 Å². The number of methoxy groups -OCH3 is 1. The van der Waals surface area contributed by atoms with Crippen LogP contribution in [0.4, 0.5) is 0 Å². The highest BCUT2D eigenvalue weighted by atomic mass is 16.5. The summed E-state index contributed by atoms with van der Waals surface area (Å²) in [4.78, 5) is 4.44. The Morgan fingerprint density at radius 2 is 2.00 bits per heavy atom. The second-order valence-corrected chi connectivity index (χ2v) is 4.74. The van der Waals surface area contributed by atoms with Crippen molar-refractivity contribution >= 4 is 0 Å². The SMILES string of the molecule is COc1cc(C)nc(CNC(C)(C)C)c1. The maximum Gasteiger partial charge on any atom is 0.122 e. The van der Waals surface area contributed by atoms with E-state index >= 15 is 0 Å². The lowest BCUT2D eigenvalue weighted by Crippen LogP contribution is -2.35. The molecule has 0 amide bonds. The molecule has 0 unspecified atom stereocenters. The van der Waals surface area contributed by atoms with Gasteiger partial charge in [0.1, 0.15) is 5.75 Å². The number of nitrogens with zero attached hydrogens (tertiary/aromatic N) is 1. The van der Waals surface area contributed by atoms with E-state index in [4.69, 9.17) is 4.74 Å². The highest BCUT2D eigenvalue weighted by molar-refractivity contribution is 5.26. The number of hydrogen-bond donors (Lipinski definition) is 1. The van der Waals surface area contributed by atoms with E-state index in [1.54, 1.807) is 7.11 Å². The van der Waals surface area contributed by atoms with Crippen molar-refractivity contribution in [3.05, 3.63) is 23.5 Å². The first-order valence-corrected chi connectivity index (χ1v) is 5.17. The Bertz CT molecular complexity index is 329. The minimum atomic E-state index is 0.110. The molecule has 0 fully saturated rings. The van der Waals surface area contributed by atoms with Crippen molar-refractivity contribution in [1.29, 1.82) is 0 Å². The smallest absolute Gasteiger partial charge is 0.122 e. The summed E-state index contributed by atoms with van der Waals surface area (Å²) in [5.74, 6) is 0.869. The first-order chi connectivity index (χ1) is 6.90. The first-order valence-electron chi connectivity index (χ1n) is 5.17.